The molecule has 1 rings (SSSR count). The van der Waals surface area contributed by atoms with Gasteiger partial charge in [0, 0.05) is 0 Å². The molecule has 1 aliphatic rings. The summed E-state index contributed by atoms with van der Waals surface area (Å²) in [5.41, 5.74) is -0.613. The zero-order chi connectivity index (χ0) is 13.1. The van der Waals surface area contributed by atoms with Crippen LogP contribution in [0.1, 0.15) is 33.6 Å². The summed E-state index contributed by atoms with van der Waals surface area (Å²) in [6, 6.07) is 0. The van der Waals surface area contributed by atoms with Gasteiger partial charge in [-0.2, -0.15) is 10.1 Å². The maximum atomic E-state index is 11.7. The molecule has 6 nitrogen and oxygen atoms in total. The Bertz CT molecular complexity index is 329. The zero-order valence-electron chi connectivity index (χ0n) is 10.3. The fourth-order valence-corrected chi connectivity index (χ4v) is 1.15. The molecule has 96 valence electrons. The average molecular weight is 242 g/mol. The number of aliphatic carboxylic acids is 1. The Morgan fingerprint density at radius 2 is 2.06 bits per heavy atom. The van der Waals surface area contributed by atoms with Crippen molar-refractivity contribution in [2.45, 2.75) is 39.2 Å². The quantitative estimate of drug-likeness (QED) is 0.601. The van der Waals surface area contributed by atoms with Crippen molar-refractivity contribution < 1.29 is 19.4 Å². The molecule has 0 aromatic heterocycles. The zero-order valence-corrected chi connectivity index (χ0v) is 10.3. The first-order valence-corrected chi connectivity index (χ1v) is 5.55. The first-order chi connectivity index (χ1) is 7.78. The Kier molecular flexibility index (Phi) is 4.09. The molecule has 1 amide bonds. The number of ether oxygens (including phenoxy) is 1. The van der Waals surface area contributed by atoms with Gasteiger partial charge in [-0.15, -0.1) is 0 Å². The Hall–Kier alpha value is -1.59. The van der Waals surface area contributed by atoms with Crippen LogP contribution in [-0.2, 0) is 9.53 Å². The second-order valence-electron chi connectivity index (χ2n) is 5.09. The molecule has 1 fully saturated rings. The van der Waals surface area contributed by atoms with E-state index in [1.807, 2.05) is 0 Å². The number of nitrogens with zero attached hydrogens (tertiary/aromatic N) is 2. The molecule has 0 saturated heterocycles. The van der Waals surface area contributed by atoms with Gasteiger partial charge in [0.1, 0.15) is 11.8 Å². The lowest BCUT2D eigenvalue weighted by Crippen LogP contribution is -2.35. The molecule has 0 atom stereocenters. The van der Waals surface area contributed by atoms with Crippen molar-refractivity contribution in [1.82, 2.24) is 5.01 Å². The fourth-order valence-electron chi connectivity index (χ4n) is 1.15. The Morgan fingerprint density at radius 1 is 1.47 bits per heavy atom. The molecular weight excluding hydrogens is 224 g/mol. The molecule has 0 radical (unpaired) electrons. The third-order valence-corrected chi connectivity index (χ3v) is 2.04. The van der Waals surface area contributed by atoms with Gasteiger partial charge in [0.2, 0.25) is 0 Å². The number of hydrogen-bond acceptors (Lipinski definition) is 4. The van der Waals surface area contributed by atoms with Crippen LogP contribution in [0.3, 0.4) is 0 Å². The van der Waals surface area contributed by atoms with E-state index < -0.39 is 17.7 Å². The molecule has 17 heavy (non-hydrogen) atoms. The van der Waals surface area contributed by atoms with E-state index in [2.05, 4.69) is 5.10 Å². The van der Waals surface area contributed by atoms with E-state index in [1.165, 1.54) is 0 Å². The lowest BCUT2D eigenvalue weighted by Gasteiger charge is -2.24. The van der Waals surface area contributed by atoms with E-state index in [9.17, 15) is 9.59 Å². The summed E-state index contributed by atoms with van der Waals surface area (Å²) in [4.78, 5) is 22.1. The largest absolute Gasteiger partial charge is 0.477 e. The van der Waals surface area contributed by atoms with Gasteiger partial charge in [-0.25, -0.2) is 9.59 Å². The average Bonchev–Trinajstić information content (AvgIpc) is 2.92. The smallest absolute Gasteiger partial charge is 0.430 e. The van der Waals surface area contributed by atoms with E-state index in [-0.39, 0.29) is 0 Å². The Labute approximate surface area is 100 Å². The van der Waals surface area contributed by atoms with Crippen LogP contribution < -0.4 is 0 Å². The van der Waals surface area contributed by atoms with Crippen LogP contribution in [0, 0.1) is 5.92 Å². The van der Waals surface area contributed by atoms with Crippen molar-refractivity contribution in [2.24, 2.45) is 11.0 Å². The standard InChI is InChI=1S/C11H18N2O4/c1-11(2,3)17-10(16)13(7-8-4-5-8)12-6-9(14)15/h6,8H,4-5,7H2,1-3H3,(H,14,15). The number of carboxylic acids is 1. The summed E-state index contributed by atoms with van der Waals surface area (Å²) in [6.07, 6.45) is 2.18. The normalized spacial score (nSPS) is 15.9. The number of amides is 1. The molecular formula is C11H18N2O4. The summed E-state index contributed by atoms with van der Waals surface area (Å²) in [5.74, 6) is -0.775. The minimum Gasteiger partial charge on any atom is -0.477 e. The minimum atomic E-state index is -1.19. The molecule has 0 aliphatic heterocycles. The van der Waals surface area contributed by atoms with Crippen LogP contribution in [0.2, 0.25) is 0 Å². The maximum absolute atomic E-state index is 11.7. The second kappa shape index (κ2) is 5.16. The highest BCUT2D eigenvalue weighted by molar-refractivity contribution is 6.22. The SMILES string of the molecule is CC(C)(C)OC(=O)N(CC1CC1)N=CC(=O)O. The molecule has 0 unspecified atom stereocenters. The van der Waals surface area contributed by atoms with E-state index in [0.29, 0.717) is 18.7 Å². The molecule has 0 aromatic rings. The predicted octanol–water partition coefficient (Wildman–Crippen LogP) is 1.70. The molecule has 0 spiro atoms. The van der Waals surface area contributed by atoms with Gasteiger partial charge in [-0.3, -0.25) is 0 Å². The highest BCUT2D eigenvalue weighted by atomic mass is 16.6. The molecule has 0 aromatic carbocycles. The number of hydrazone groups is 1. The predicted molar refractivity (Wildman–Crippen MR) is 61.8 cm³/mol. The number of hydrogen-bond donors (Lipinski definition) is 1. The first kappa shape index (κ1) is 13.5. The third kappa shape index (κ3) is 5.89. The summed E-state index contributed by atoms with van der Waals surface area (Å²) in [6.45, 7) is 5.67. The van der Waals surface area contributed by atoms with Crippen molar-refractivity contribution in [2.75, 3.05) is 6.54 Å². The van der Waals surface area contributed by atoms with Crippen molar-refractivity contribution in [3.8, 4) is 0 Å². The van der Waals surface area contributed by atoms with Gasteiger partial charge < -0.3 is 9.84 Å². The van der Waals surface area contributed by atoms with Gasteiger partial charge in [0.05, 0.1) is 6.54 Å². The lowest BCUT2D eigenvalue weighted by molar-refractivity contribution is -0.128. The van der Waals surface area contributed by atoms with Crippen LogP contribution in [0.25, 0.3) is 0 Å². The van der Waals surface area contributed by atoms with Crippen LogP contribution in [0.4, 0.5) is 4.79 Å². The van der Waals surface area contributed by atoms with Crippen molar-refractivity contribution in [1.29, 1.82) is 0 Å². The van der Waals surface area contributed by atoms with Crippen LogP contribution in [0.15, 0.2) is 5.10 Å². The molecule has 1 N–H and O–H groups in total. The Morgan fingerprint density at radius 3 is 2.47 bits per heavy atom. The monoisotopic (exact) mass is 242 g/mol. The van der Waals surface area contributed by atoms with Crippen LogP contribution in [-0.4, -0.2) is 40.5 Å². The Balaban J connectivity index is 2.60. The van der Waals surface area contributed by atoms with E-state index >= 15 is 0 Å². The highest BCUT2D eigenvalue weighted by Gasteiger charge is 2.29. The summed E-state index contributed by atoms with van der Waals surface area (Å²) in [7, 11) is 0. The number of rotatable bonds is 4. The van der Waals surface area contributed by atoms with Gasteiger partial charge in [-0.1, -0.05) is 0 Å². The topological polar surface area (TPSA) is 79.2 Å². The van der Waals surface area contributed by atoms with Crippen LogP contribution >= 0.6 is 0 Å². The third-order valence-electron chi connectivity index (χ3n) is 2.04. The van der Waals surface area contributed by atoms with Crippen LogP contribution in [0.5, 0.6) is 0 Å². The number of carbonyl (C=O) groups is 2. The van der Waals surface area contributed by atoms with Gasteiger partial charge in [0.15, 0.2) is 0 Å². The molecule has 1 aliphatic carbocycles. The van der Waals surface area contributed by atoms with E-state index in [0.717, 1.165) is 17.9 Å². The number of carbonyl (C=O) groups excluding carboxylic acids is 1. The first-order valence-electron chi connectivity index (χ1n) is 5.55. The van der Waals surface area contributed by atoms with Gasteiger partial charge in [0.25, 0.3) is 0 Å². The number of carboxylic acid groups (broad SMARTS) is 1. The van der Waals surface area contributed by atoms with Crippen molar-refractivity contribution in [3.05, 3.63) is 0 Å². The summed E-state index contributed by atoms with van der Waals surface area (Å²) < 4.78 is 5.14. The molecule has 1 saturated carbocycles. The lowest BCUT2D eigenvalue weighted by atomic mass is 10.2. The van der Waals surface area contributed by atoms with E-state index in [4.69, 9.17) is 9.84 Å². The van der Waals surface area contributed by atoms with Crippen molar-refractivity contribution >= 4 is 18.3 Å². The molecule has 0 bridgehead atoms. The maximum Gasteiger partial charge on any atom is 0.430 e. The van der Waals surface area contributed by atoms with Crippen molar-refractivity contribution in [3.63, 3.8) is 0 Å². The van der Waals surface area contributed by atoms with Gasteiger partial charge >= 0.3 is 12.1 Å². The minimum absolute atomic E-state index is 0.411. The molecule has 0 heterocycles. The second-order valence-corrected chi connectivity index (χ2v) is 5.09. The summed E-state index contributed by atoms with van der Waals surface area (Å²) >= 11 is 0. The molecule has 6 heteroatoms. The van der Waals surface area contributed by atoms with Gasteiger partial charge in [-0.05, 0) is 39.5 Å². The van der Waals surface area contributed by atoms with E-state index in [1.54, 1.807) is 20.8 Å². The fraction of sp³-hybridized carbons (Fsp3) is 0.727. The highest BCUT2D eigenvalue weighted by Crippen LogP contribution is 2.30. The summed E-state index contributed by atoms with van der Waals surface area (Å²) in [5, 5.41) is 13.2.